The van der Waals surface area contributed by atoms with E-state index in [2.05, 4.69) is 48.5 Å². The lowest BCUT2D eigenvalue weighted by atomic mass is 10.0. The van der Waals surface area contributed by atoms with E-state index in [0.717, 1.165) is 12.2 Å². The molecular weight excluding hydrogens is 238 g/mol. The number of hydrogen-bond acceptors (Lipinski definition) is 3. The van der Waals surface area contributed by atoms with Gasteiger partial charge in [0.2, 0.25) is 0 Å². The van der Waals surface area contributed by atoms with Crippen molar-refractivity contribution in [3.8, 4) is 0 Å². The van der Waals surface area contributed by atoms with E-state index in [1.807, 2.05) is 6.20 Å². The molecule has 0 amide bonds. The molecular formula is C15H21N3O. The molecule has 2 N–H and O–H groups in total. The largest absolute Gasteiger partial charge is 0.394 e. The minimum atomic E-state index is 0.109. The zero-order valence-corrected chi connectivity index (χ0v) is 11.5. The zero-order chi connectivity index (χ0) is 13.7. The van der Waals surface area contributed by atoms with E-state index in [9.17, 15) is 0 Å². The molecule has 0 fully saturated rings. The van der Waals surface area contributed by atoms with Gasteiger partial charge in [0.1, 0.15) is 0 Å². The van der Waals surface area contributed by atoms with Crippen molar-refractivity contribution in [1.29, 1.82) is 0 Å². The van der Waals surface area contributed by atoms with Crippen LogP contribution in [0.1, 0.15) is 30.9 Å². The van der Waals surface area contributed by atoms with Gasteiger partial charge in [-0.05, 0) is 17.0 Å². The summed E-state index contributed by atoms with van der Waals surface area (Å²) in [6, 6.07) is 8.66. The molecule has 19 heavy (non-hydrogen) atoms. The maximum atomic E-state index is 8.83. The standard InChI is InChI=1S/C15H21N3O/c1-12(2)14-5-3-13(4-6-14)9-16-15-10-17-18(11-15)7-8-19/h3-6,10-12,16,19H,7-9H2,1-2H3. The van der Waals surface area contributed by atoms with E-state index in [-0.39, 0.29) is 6.61 Å². The second-order valence-corrected chi connectivity index (χ2v) is 4.97. The summed E-state index contributed by atoms with van der Waals surface area (Å²) < 4.78 is 1.73. The van der Waals surface area contributed by atoms with Gasteiger partial charge in [-0.15, -0.1) is 0 Å². The predicted octanol–water partition coefficient (Wildman–Crippen LogP) is 2.61. The van der Waals surface area contributed by atoms with Gasteiger partial charge in [0.25, 0.3) is 0 Å². The Morgan fingerprint density at radius 1 is 1.26 bits per heavy atom. The van der Waals surface area contributed by atoms with E-state index >= 15 is 0 Å². The Labute approximate surface area is 114 Å². The van der Waals surface area contributed by atoms with Crippen molar-refractivity contribution in [2.75, 3.05) is 11.9 Å². The van der Waals surface area contributed by atoms with E-state index in [0.29, 0.717) is 12.5 Å². The molecule has 1 aromatic heterocycles. The number of hydrogen-bond donors (Lipinski definition) is 2. The molecule has 0 bridgehead atoms. The number of aromatic nitrogens is 2. The number of nitrogens with one attached hydrogen (secondary N) is 1. The SMILES string of the molecule is CC(C)c1ccc(CNc2cnn(CCO)c2)cc1. The van der Waals surface area contributed by atoms with Crippen molar-refractivity contribution >= 4 is 5.69 Å². The summed E-state index contributed by atoms with van der Waals surface area (Å²) in [6.45, 7) is 5.82. The summed E-state index contributed by atoms with van der Waals surface area (Å²) in [5.74, 6) is 0.568. The molecule has 0 spiro atoms. The van der Waals surface area contributed by atoms with E-state index in [1.165, 1.54) is 11.1 Å². The Balaban J connectivity index is 1.90. The molecule has 0 atom stereocenters. The van der Waals surface area contributed by atoms with Gasteiger partial charge in [-0.3, -0.25) is 4.68 Å². The molecule has 0 unspecified atom stereocenters. The quantitative estimate of drug-likeness (QED) is 0.838. The second-order valence-electron chi connectivity index (χ2n) is 4.97. The van der Waals surface area contributed by atoms with Crippen molar-refractivity contribution in [2.45, 2.75) is 32.9 Å². The lowest BCUT2D eigenvalue weighted by Crippen LogP contribution is -2.02. The fourth-order valence-corrected chi connectivity index (χ4v) is 1.90. The fraction of sp³-hybridized carbons (Fsp3) is 0.400. The predicted molar refractivity (Wildman–Crippen MR) is 77.2 cm³/mol. The minimum absolute atomic E-state index is 0.109. The Morgan fingerprint density at radius 2 is 2.00 bits per heavy atom. The Kier molecular flexibility index (Phi) is 4.58. The van der Waals surface area contributed by atoms with Crippen molar-refractivity contribution < 1.29 is 5.11 Å². The van der Waals surface area contributed by atoms with Crippen LogP contribution in [0.3, 0.4) is 0 Å². The normalized spacial score (nSPS) is 10.9. The Hall–Kier alpha value is -1.81. The maximum Gasteiger partial charge on any atom is 0.0729 e. The molecule has 0 aliphatic rings. The number of rotatable bonds is 6. The summed E-state index contributed by atoms with van der Waals surface area (Å²) >= 11 is 0. The molecule has 0 aliphatic heterocycles. The smallest absolute Gasteiger partial charge is 0.0729 e. The van der Waals surface area contributed by atoms with E-state index < -0.39 is 0 Å². The molecule has 2 aromatic rings. The highest BCUT2D eigenvalue weighted by molar-refractivity contribution is 5.39. The summed E-state index contributed by atoms with van der Waals surface area (Å²) in [5, 5.41) is 16.3. The van der Waals surface area contributed by atoms with Crippen LogP contribution < -0.4 is 5.32 Å². The van der Waals surface area contributed by atoms with Gasteiger partial charge in [-0.1, -0.05) is 38.1 Å². The first-order valence-electron chi connectivity index (χ1n) is 6.65. The van der Waals surface area contributed by atoms with Gasteiger partial charge < -0.3 is 10.4 Å². The monoisotopic (exact) mass is 259 g/mol. The summed E-state index contributed by atoms with van der Waals surface area (Å²) in [7, 11) is 0. The lowest BCUT2D eigenvalue weighted by Gasteiger charge is -2.07. The van der Waals surface area contributed by atoms with Crippen molar-refractivity contribution in [3.63, 3.8) is 0 Å². The fourth-order valence-electron chi connectivity index (χ4n) is 1.90. The Morgan fingerprint density at radius 3 is 2.63 bits per heavy atom. The highest BCUT2D eigenvalue weighted by atomic mass is 16.3. The van der Waals surface area contributed by atoms with Gasteiger partial charge in [-0.25, -0.2) is 0 Å². The molecule has 1 aromatic carbocycles. The number of aliphatic hydroxyl groups is 1. The molecule has 0 saturated carbocycles. The van der Waals surface area contributed by atoms with Crippen LogP contribution >= 0.6 is 0 Å². The topological polar surface area (TPSA) is 50.1 Å². The van der Waals surface area contributed by atoms with Crippen LogP contribution in [0.15, 0.2) is 36.7 Å². The summed E-state index contributed by atoms with van der Waals surface area (Å²) in [5.41, 5.74) is 3.58. The third kappa shape index (κ3) is 3.83. The molecule has 4 heteroatoms. The molecule has 0 aliphatic carbocycles. The lowest BCUT2D eigenvalue weighted by molar-refractivity contribution is 0.269. The average Bonchev–Trinajstić information content (AvgIpc) is 2.85. The number of nitrogens with zero attached hydrogens (tertiary/aromatic N) is 2. The van der Waals surface area contributed by atoms with Gasteiger partial charge in [0, 0.05) is 12.7 Å². The number of aliphatic hydroxyl groups excluding tert-OH is 1. The van der Waals surface area contributed by atoms with Crippen LogP contribution in [0, 0.1) is 0 Å². The summed E-state index contributed by atoms with van der Waals surface area (Å²) in [6.07, 6.45) is 3.68. The number of anilines is 1. The zero-order valence-electron chi connectivity index (χ0n) is 11.5. The van der Waals surface area contributed by atoms with E-state index in [4.69, 9.17) is 5.11 Å². The highest BCUT2D eigenvalue weighted by Gasteiger charge is 2.00. The van der Waals surface area contributed by atoms with Crippen molar-refractivity contribution in [2.24, 2.45) is 0 Å². The van der Waals surface area contributed by atoms with Crippen LogP contribution in [-0.2, 0) is 13.1 Å². The highest BCUT2D eigenvalue weighted by Crippen LogP contribution is 2.15. The van der Waals surface area contributed by atoms with Crippen LogP contribution in [0.4, 0.5) is 5.69 Å². The second kappa shape index (κ2) is 6.38. The molecule has 2 rings (SSSR count). The van der Waals surface area contributed by atoms with Crippen LogP contribution in [0.2, 0.25) is 0 Å². The third-order valence-corrected chi connectivity index (χ3v) is 3.11. The average molecular weight is 259 g/mol. The van der Waals surface area contributed by atoms with Gasteiger partial charge >= 0.3 is 0 Å². The number of benzene rings is 1. The molecule has 0 saturated heterocycles. The van der Waals surface area contributed by atoms with Gasteiger partial charge in [-0.2, -0.15) is 5.10 Å². The third-order valence-electron chi connectivity index (χ3n) is 3.11. The van der Waals surface area contributed by atoms with Crippen LogP contribution in [0.5, 0.6) is 0 Å². The Bertz CT molecular complexity index is 502. The first-order valence-corrected chi connectivity index (χ1v) is 6.65. The summed E-state index contributed by atoms with van der Waals surface area (Å²) in [4.78, 5) is 0. The van der Waals surface area contributed by atoms with Crippen molar-refractivity contribution in [3.05, 3.63) is 47.8 Å². The molecule has 4 nitrogen and oxygen atoms in total. The molecule has 1 heterocycles. The first kappa shape index (κ1) is 13.6. The molecule has 0 radical (unpaired) electrons. The van der Waals surface area contributed by atoms with Crippen LogP contribution in [-0.4, -0.2) is 21.5 Å². The van der Waals surface area contributed by atoms with Gasteiger partial charge in [0.05, 0.1) is 25.0 Å². The maximum absolute atomic E-state index is 8.83. The minimum Gasteiger partial charge on any atom is -0.394 e. The first-order chi connectivity index (χ1) is 9.19. The van der Waals surface area contributed by atoms with E-state index in [1.54, 1.807) is 10.9 Å². The van der Waals surface area contributed by atoms with Gasteiger partial charge in [0.15, 0.2) is 0 Å². The molecule has 102 valence electrons. The van der Waals surface area contributed by atoms with Crippen molar-refractivity contribution in [1.82, 2.24) is 9.78 Å². The van der Waals surface area contributed by atoms with Crippen LogP contribution in [0.25, 0.3) is 0 Å².